The highest BCUT2D eigenvalue weighted by atomic mass is 15.2. The molecule has 67 heavy (non-hydrogen) atoms. The van der Waals surface area contributed by atoms with E-state index < -0.39 is 0 Å². The van der Waals surface area contributed by atoms with E-state index in [4.69, 9.17) is 0 Å². The average Bonchev–Trinajstić information content (AvgIpc) is 4.07. The Hall–Kier alpha value is -7.36. The van der Waals surface area contributed by atoms with Gasteiger partial charge in [0.1, 0.15) is 0 Å². The Bertz CT molecular complexity index is 3910. The van der Waals surface area contributed by atoms with Crippen molar-refractivity contribution in [2.24, 2.45) is 0 Å². The second-order valence-corrected chi connectivity index (χ2v) is 19.7. The van der Waals surface area contributed by atoms with Gasteiger partial charge in [-0.15, -0.1) is 0 Å². The van der Waals surface area contributed by atoms with Gasteiger partial charge in [-0.3, -0.25) is 0 Å². The van der Waals surface area contributed by atoms with Crippen LogP contribution in [0.15, 0.2) is 164 Å². The predicted octanol–water partition coefficient (Wildman–Crippen LogP) is 14.8. The van der Waals surface area contributed by atoms with Crippen molar-refractivity contribution in [1.82, 2.24) is 0 Å². The molecule has 4 aliphatic rings. The average molecular weight is 857 g/mol. The van der Waals surface area contributed by atoms with Crippen molar-refractivity contribution in [1.29, 1.82) is 0 Å². The topological polar surface area (TPSA) is 6.48 Å². The van der Waals surface area contributed by atoms with Crippen molar-refractivity contribution in [3.8, 4) is 0 Å². The van der Waals surface area contributed by atoms with Gasteiger partial charge in [0.15, 0.2) is 0 Å². The summed E-state index contributed by atoms with van der Waals surface area (Å²) in [4.78, 5) is 5.47. The summed E-state index contributed by atoms with van der Waals surface area (Å²) in [5.41, 5.74) is 21.7. The van der Waals surface area contributed by atoms with Gasteiger partial charge in [0.2, 0.25) is 0 Å². The van der Waals surface area contributed by atoms with Crippen LogP contribution in [0, 0.1) is 0 Å². The molecule has 318 valence electrons. The van der Waals surface area contributed by atoms with Gasteiger partial charge in [0.05, 0.1) is 5.69 Å². The van der Waals surface area contributed by atoms with Crippen LogP contribution in [0.4, 0.5) is 34.1 Å². The molecule has 0 radical (unpaired) electrons. The zero-order chi connectivity index (χ0) is 44.1. The molecule has 2 aliphatic carbocycles. The summed E-state index contributed by atoms with van der Waals surface area (Å²) in [6.45, 7) is 4.93. The first-order valence-electron chi connectivity index (χ1n) is 24.9. The summed E-state index contributed by atoms with van der Waals surface area (Å²) in [6.07, 6.45) is 9.09. The molecule has 11 aromatic rings. The van der Waals surface area contributed by atoms with Gasteiger partial charge in [-0.1, -0.05) is 147 Å². The Kier molecular flexibility index (Phi) is 7.95. The molecular formula is C64H49BN2. The number of hydrogen-bond donors (Lipinski definition) is 0. The van der Waals surface area contributed by atoms with Gasteiger partial charge in [-0.05, 0) is 191 Å². The molecule has 2 heterocycles. The predicted molar refractivity (Wildman–Crippen MR) is 288 cm³/mol. The van der Waals surface area contributed by atoms with E-state index in [0.717, 1.165) is 38.5 Å². The molecule has 0 amide bonds. The van der Waals surface area contributed by atoms with Crippen LogP contribution in [-0.4, -0.2) is 6.71 Å². The first-order valence-corrected chi connectivity index (χ1v) is 24.9. The molecule has 0 aromatic heterocycles. The van der Waals surface area contributed by atoms with E-state index in [-0.39, 0.29) is 6.71 Å². The lowest BCUT2D eigenvalue weighted by molar-refractivity contribution is 0.905. The quantitative estimate of drug-likeness (QED) is 0.129. The van der Waals surface area contributed by atoms with Gasteiger partial charge in [0, 0.05) is 33.8 Å². The summed E-state index contributed by atoms with van der Waals surface area (Å²) in [5, 5.41) is 15.8. The third-order valence-corrected chi connectivity index (χ3v) is 16.6. The Labute approximate surface area is 392 Å². The Balaban J connectivity index is 1.09. The Morgan fingerprint density at radius 1 is 0.388 bits per heavy atom. The number of hydrogen-bond acceptors (Lipinski definition) is 2. The van der Waals surface area contributed by atoms with Crippen LogP contribution in [0.1, 0.15) is 60.1 Å². The van der Waals surface area contributed by atoms with E-state index in [1.165, 1.54) is 139 Å². The van der Waals surface area contributed by atoms with Crippen molar-refractivity contribution in [2.75, 3.05) is 9.80 Å². The Morgan fingerprint density at radius 2 is 0.806 bits per heavy atom. The van der Waals surface area contributed by atoms with Crippen molar-refractivity contribution < 1.29 is 0 Å². The minimum atomic E-state index is 0.105. The van der Waals surface area contributed by atoms with E-state index in [1.807, 2.05) is 0 Å². The van der Waals surface area contributed by atoms with Crippen LogP contribution in [0.25, 0.3) is 64.6 Å². The molecular weight excluding hydrogens is 808 g/mol. The van der Waals surface area contributed by atoms with Crippen molar-refractivity contribution >= 4 is 122 Å². The molecule has 0 unspecified atom stereocenters. The van der Waals surface area contributed by atoms with Crippen molar-refractivity contribution in [3.63, 3.8) is 0 Å². The smallest absolute Gasteiger partial charge is 0.252 e. The molecule has 2 aliphatic heterocycles. The van der Waals surface area contributed by atoms with Crippen LogP contribution in [-0.2, 0) is 38.5 Å². The lowest BCUT2D eigenvalue weighted by Gasteiger charge is -2.46. The van der Waals surface area contributed by atoms with Crippen LogP contribution >= 0.6 is 0 Å². The highest BCUT2D eigenvalue weighted by molar-refractivity contribution is 7.00. The van der Waals surface area contributed by atoms with E-state index in [0.29, 0.717) is 0 Å². The lowest BCUT2D eigenvalue weighted by atomic mass is 9.33. The van der Waals surface area contributed by atoms with Crippen LogP contribution in [0.3, 0.4) is 0 Å². The zero-order valence-electron chi connectivity index (χ0n) is 38.2. The van der Waals surface area contributed by atoms with E-state index in [9.17, 15) is 0 Å². The summed E-state index contributed by atoms with van der Waals surface area (Å²) in [5.74, 6) is 0. The Morgan fingerprint density at radius 3 is 1.34 bits per heavy atom. The molecule has 11 aromatic carbocycles. The maximum Gasteiger partial charge on any atom is 0.252 e. The molecule has 0 spiro atoms. The minimum absolute atomic E-state index is 0.105. The fourth-order valence-corrected chi connectivity index (χ4v) is 14.0. The number of anilines is 6. The molecule has 0 atom stereocenters. The van der Waals surface area contributed by atoms with Crippen molar-refractivity contribution in [2.45, 2.75) is 65.2 Å². The maximum absolute atomic E-state index is 2.75. The maximum atomic E-state index is 2.75. The van der Waals surface area contributed by atoms with Gasteiger partial charge < -0.3 is 9.80 Å². The normalized spacial score (nSPS) is 14.7. The van der Waals surface area contributed by atoms with Crippen LogP contribution in [0.2, 0.25) is 0 Å². The van der Waals surface area contributed by atoms with Gasteiger partial charge in [-0.25, -0.2) is 0 Å². The van der Waals surface area contributed by atoms with E-state index in [1.54, 1.807) is 22.3 Å². The molecule has 0 bridgehead atoms. The number of fused-ring (bicyclic) bond motifs is 18. The molecule has 3 heteroatoms. The first kappa shape index (κ1) is 37.8. The SMILES string of the molecule is CCc1c2c(cc3c1N(c1ccc4c5ccccc5c5ccccc5c4c1)c1cccc4c1B3c1cc3c(c(CC)c1N4c1cccc4c5ccccc5c5ccccc5c14)CCC3)CCC2. The van der Waals surface area contributed by atoms with E-state index >= 15 is 0 Å². The van der Waals surface area contributed by atoms with Crippen LogP contribution in [0.5, 0.6) is 0 Å². The highest BCUT2D eigenvalue weighted by Gasteiger charge is 2.46. The molecule has 2 nitrogen and oxygen atoms in total. The fraction of sp³-hybridized carbons (Fsp3) is 0.156. The number of nitrogens with zero attached hydrogens (tertiary/aromatic N) is 2. The second kappa shape index (κ2) is 14.1. The number of aryl methyl sites for hydroxylation is 2. The molecule has 0 N–H and O–H groups in total. The summed E-state index contributed by atoms with van der Waals surface area (Å²) in [7, 11) is 0. The zero-order valence-corrected chi connectivity index (χ0v) is 38.2. The van der Waals surface area contributed by atoms with Crippen molar-refractivity contribution in [3.05, 3.63) is 197 Å². The standard InChI is InChI=1S/C64H49BN2/c1-3-41-43-27-13-17-38(43)35-56-63(41)66(40-33-34-52-47-21-6-5-19-45(47)46-20-8-10-25-51(46)55(52)37-40)59-31-16-32-60-62(59)65(56)57-36-39-18-14-28-44(39)42(4-2)64(57)67(60)58-30-15-29-54-50-23-9-7-22-48(50)49-24-11-12-26-53(49)61(54)58/h5-12,15-16,19-26,29-37H,3-4,13-14,17-18,27-28H2,1-2H3. The fourth-order valence-electron chi connectivity index (χ4n) is 14.0. The molecule has 15 rings (SSSR count). The van der Waals surface area contributed by atoms with Gasteiger partial charge in [-0.2, -0.15) is 0 Å². The monoisotopic (exact) mass is 856 g/mol. The minimum Gasteiger partial charge on any atom is -0.311 e. The summed E-state index contributed by atoms with van der Waals surface area (Å²) in [6, 6.07) is 63.3. The van der Waals surface area contributed by atoms with E-state index in [2.05, 4.69) is 187 Å². The summed E-state index contributed by atoms with van der Waals surface area (Å²) >= 11 is 0. The summed E-state index contributed by atoms with van der Waals surface area (Å²) < 4.78 is 0. The molecule has 0 fully saturated rings. The van der Waals surface area contributed by atoms with Gasteiger partial charge >= 0.3 is 0 Å². The molecule has 0 saturated heterocycles. The largest absolute Gasteiger partial charge is 0.311 e. The highest BCUT2D eigenvalue weighted by Crippen LogP contribution is 2.52. The lowest BCUT2D eigenvalue weighted by Crippen LogP contribution is -2.62. The number of rotatable bonds is 4. The molecule has 0 saturated carbocycles. The number of benzene rings is 11. The van der Waals surface area contributed by atoms with Crippen LogP contribution < -0.4 is 26.2 Å². The third-order valence-electron chi connectivity index (χ3n) is 16.6. The second-order valence-electron chi connectivity index (χ2n) is 19.7. The first-order chi connectivity index (χ1) is 33.2. The van der Waals surface area contributed by atoms with Gasteiger partial charge in [0.25, 0.3) is 6.71 Å². The third kappa shape index (κ3) is 5.02.